The molecular weight excluding hydrogens is 306 g/mol. The number of carbonyl (C=O) groups excluding carboxylic acids is 2. The quantitative estimate of drug-likeness (QED) is 0.490. The molecule has 0 aromatic rings. The molecule has 0 aliphatic carbocycles. The number of nitrogens with two attached hydrogens (primary N) is 1. The van der Waals surface area contributed by atoms with Crippen LogP contribution in [-0.2, 0) is 9.59 Å². The van der Waals surface area contributed by atoms with E-state index < -0.39 is 11.2 Å². The first kappa shape index (κ1) is 14.3. The van der Waals surface area contributed by atoms with Crippen LogP contribution in [0.5, 0.6) is 0 Å². The molecule has 2 rings (SSSR count). The van der Waals surface area contributed by atoms with Crippen LogP contribution in [0, 0.1) is 0 Å². The molecule has 19 heavy (non-hydrogen) atoms. The molecule has 10 heteroatoms. The van der Waals surface area contributed by atoms with E-state index in [2.05, 4.69) is 20.8 Å². The van der Waals surface area contributed by atoms with Crippen LogP contribution in [0.15, 0.2) is 10.1 Å². The summed E-state index contributed by atoms with van der Waals surface area (Å²) in [4.78, 5) is 26.4. The average molecular weight is 317 g/mol. The van der Waals surface area contributed by atoms with Gasteiger partial charge >= 0.3 is 0 Å². The van der Waals surface area contributed by atoms with Crippen molar-refractivity contribution in [3.63, 3.8) is 0 Å². The van der Waals surface area contributed by atoms with Gasteiger partial charge in [0.25, 0.3) is 0 Å². The topological polar surface area (TPSA) is 109 Å². The van der Waals surface area contributed by atoms with E-state index in [0.717, 1.165) is 12.2 Å². The van der Waals surface area contributed by atoms with E-state index in [9.17, 15) is 9.59 Å². The highest BCUT2D eigenvalue weighted by Gasteiger charge is 2.31. The van der Waals surface area contributed by atoms with Crippen molar-refractivity contribution in [1.82, 2.24) is 10.7 Å². The number of primary amides is 1. The molecule has 0 spiro atoms. The third kappa shape index (κ3) is 4.18. The highest BCUT2D eigenvalue weighted by atomic mass is 32.2. The van der Waals surface area contributed by atoms with Gasteiger partial charge in [-0.3, -0.25) is 15.0 Å². The number of hydrogen-bond acceptors (Lipinski definition) is 7. The lowest BCUT2D eigenvalue weighted by Crippen LogP contribution is -2.29. The highest BCUT2D eigenvalue weighted by Crippen LogP contribution is 2.21. The predicted octanol–water partition coefficient (Wildman–Crippen LogP) is -0.226. The number of aliphatic imine (C=N–C) groups is 1. The van der Waals surface area contributed by atoms with Gasteiger partial charge in [-0.15, -0.1) is 5.10 Å². The maximum absolute atomic E-state index is 11.5. The number of nitrogens with zero attached hydrogens (tertiary/aromatic N) is 2. The van der Waals surface area contributed by atoms with E-state index in [1.807, 2.05) is 0 Å². The summed E-state index contributed by atoms with van der Waals surface area (Å²) in [5.74, 6) is 0.755. The van der Waals surface area contributed by atoms with E-state index >= 15 is 0 Å². The molecule has 0 radical (unpaired) electrons. The highest BCUT2D eigenvalue weighted by molar-refractivity contribution is 8.23. The van der Waals surface area contributed by atoms with Crippen molar-refractivity contribution in [3.05, 3.63) is 0 Å². The second-order valence-electron chi connectivity index (χ2n) is 3.72. The lowest BCUT2D eigenvalue weighted by molar-refractivity contribution is -0.123. The number of amidine groups is 2. The van der Waals surface area contributed by atoms with Crippen molar-refractivity contribution in [1.29, 1.82) is 0 Å². The zero-order valence-electron chi connectivity index (χ0n) is 9.71. The van der Waals surface area contributed by atoms with Gasteiger partial charge < -0.3 is 11.1 Å². The van der Waals surface area contributed by atoms with Gasteiger partial charge in [0.1, 0.15) is 11.1 Å². The maximum atomic E-state index is 11.5. The molecule has 1 atom stereocenters. The molecule has 2 heterocycles. The Kier molecular flexibility index (Phi) is 4.77. The zero-order chi connectivity index (χ0) is 13.8. The summed E-state index contributed by atoms with van der Waals surface area (Å²) in [5, 5.41) is 6.50. The minimum Gasteiger partial charge on any atom is -0.370 e. The monoisotopic (exact) mass is 317 g/mol. The van der Waals surface area contributed by atoms with E-state index in [1.165, 1.54) is 23.5 Å². The van der Waals surface area contributed by atoms with Gasteiger partial charge in [0.15, 0.2) is 9.49 Å². The van der Waals surface area contributed by atoms with Crippen molar-refractivity contribution in [2.75, 3.05) is 5.75 Å². The van der Waals surface area contributed by atoms with Crippen molar-refractivity contribution in [2.24, 2.45) is 15.8 Å². The summed E-state index contributed by atoms with van der Waals surface area (Å²) in [5.41, 5.74) is 7.84. The number of nitrogens with one attached hydrogen (secondary N) is 2. The molecule has 7 nitrogen and oxygen atoms in total. The SMILES string of the molecule is NC(=O)CC1S/C(=N/NC2=NC(=S)SCC2)NC1=O. The Balaban J connectivity index is 1.92. The summed E-state index contributed by atoms with van der Waals surface area (Å²) < 4.78 is 0.573. The number of hydrazone groups is 1. The lowest BCUT2D eigenvalue weighted by atomic mass is 10.3. The Morgan fingerprint density at radius 3 is 3.16 bits per heavy atom. The van der Waals surface area contributed by atoms with Gasteiger partial charge in [-0.2, -0.15) is 0 Å². The standard InChI is InChI=1S/C9H11N5O2S3/c10-5(15)3-4-7(16)12-8(19-4)14-13-6-1-2-18-9(17)11-6/h4H,1-3H2,(H2,10,15)(H,11,13,17)(H,12,14,16). The summed E-state index contributed by atoms with van der Waals surface area (Å²) in [6, 6.07) is 0. The van der Waals surface area contributed by atoms with Crippen molar-refractivity contribution < 1.29 is 9.59 Å². The van der Waals surface area contributed by atoms with Crippen molar-refractivity contribution in [2.45, 2.75) is 18.1 Å². The van der Waals surface area contributed by atoms with Crippen LogP contribution in [0.3, 0.4) is 0 Å². The first-order valence-electron chi connectivity index (χ1n) is 5.38. The first-order valence-corrected chi connectivity index (χ1v) is 7.66. The third-order valence-corrected chi connectivity index (χ3v) is 4.51. The van der Waals surface area contributed by atoms with Crippen LogP contribution in [-0.4, -0.2) is 38.1 Å². The van der Waals surface area contributed by atoms with Crippen LogP contribution < -0.4 is 16.5 Å². The van der Waals surface area contributed by atoms with Gasteiger partial charge in [0, 0.05) is 18.6 Å². The van der Waals surface area contributed by atoms with Gasteiger partial charge in [0.05, 0.1) is 0 Å². The van der Waals surface area contributed by atoms with Gasteiger partial charge in [-0.05, 0) is 0 Å². The largest absolute Gasteiger partial charge is 0.370 e. The molecular formula is C9H11N5O2S3. The van der Waals surface area contributed by atoms with Gasteiger partial charge in [0.2, 0.25) is 11.8 Å². The Hall–Kier alpha value is -1.13. The van der Waals surface area contributed by atoms with Gasteiger partial charge in [-0.25, -0.2) is 4.99 Å². The molecule has 0 aromatic carbocycles. The number of amides is 2. The van der Waals surface area contributed by atoms with Crippen molar-refractivity contribution >= 4 is 62.9 Å². The zero-order valence-corrected chi connectivity index (χ0v) is 12.2. The summed E-state index contributed by atoms with van der Waals surface area (Å²) in [7, 11) is 0. The number of hydrogen-bond donors (Lipinski definition) is 3. The summed E-state index contributed by atoms with van der Waals surface area (Å²) >= 11 is 7.66. The molecule has 1 unspecified atom stereocenters. The fraction of sp³-hybridized carbons (Fsp3) is 0.444. The molecule has 102 valence electrons. The van der Waals surface area contributed by atoms with E-state index in [-0.39, 0.29) is 12.3 Å². The first-order chi connectivity index (χ1) is 9.04. The van der Waals surface area contributed by atoms with E-state index in [0.29, 0.717) is 15.3 Å². The Labute approximate surface area is 123 Å². The Bertz CT molecular complexity index is 490. The summed E-state index contributed by atoms with van der Waals surface area (Å²) in [6.45, 7) is 0. The Morgan fingerprint density at radius 2 is 2.47 bits per heavy atom. The molecule has 2 aliphatic heterocycles. The number of rotatable bonds is 3. The van der Waals surface area contributed by atoms with E-state index in [4.69, 9.17) is 18.0 Å². The molecule has 0 aromatic heterocycles. The predicted molar refractivity (Wildman–Crippen MR) is 81.0 cm³/mol. The molecule has 0 bridgehead atoms. The average Bonchev–Trinajstić information content (AvgIpc) is 2.67. The maximum Gasteiger partial charge on any atom is 0.240 e. The fourth-order valence-corrected chi connectivity index (χ4v) is 3.35. The minimum absolute atomic E-state index is 0.00279. The number of thioether (sulfide) groups is 2. The van der Waals surface area contributed by atoms with Crippen LogP contribution in [0.2, 0.25) is 0 Å². The Morgan fingerprint density at radius 1 is 1.68 bits per heavy atom. The normalized spacial score (nSPS) is 25.2. The molecule has 2 aliphatic rings. The molecule has 4 N–H and O–H groups in total. The minimum atomic E-state index is -0.513. The lowest BCUT2D eigenvalue weighted by Gasteiger charge is -2.10. The van der Waals surface area contributed by atoms with Crippen molar-refractivity contribution in [3.8, 4) is 0 Å². The molecule has 2 amide bonds. The number of thiocarbonyl (C=S) groups is 1. The van der Waals surface area contributed by atoms with Crippen LogP contribution in [0.1, 0.15) is 12.8 Å². The third-order valence-electron chi connectivity index (χ3n) is 2.24. The van der Waals surface area contributed by atoms with Crippen LogP contribution >= 0.6 is 35.7 Å². The van der Waals surface area contributed by atoms with E-state index in [1.54, 1.807) is 0 Å². The molecule has 1 saturated heterocycles. The van der Waals surface area contributed by atoms with Crippen LogP contribution in [0.25, 0.3) is 0 Å². The van der Waals surface area contributed by atoms with Crippen LogP contribution in [0.4, 0.5) is 0 Å². The summed E-state index contributed by atoms with van der Waals surface area (Å²) in [6.07, 6.45) is 0.738. The second-order valence-corrected chi connectivity index (χ2v) is 6.64. The smallest absolute Gasteiger partial charge is 0.240 e. The molecule has 0 saturated carbocycles. The number of carbonyl (C=O) groups is 2. The molecule has 1 fully saturated rings. The second kappa shape index (κ2) is 6.35. The fourth-order valence-electron chi connectivity index (χ4n) is 1.40. The van der Waals surface area contributed by atoms with Gasteiger partial charge in [-0.1, -0.05) is 35.7 Å².